The molecule has 47 heavy (non-hydrogen) atoms. The van der Waals surface area contributed by atoms with Crippen molar-refractivity contribution in [3.63, 3.8) is 0 Å². The number of piperidine rings is 1. The molecule has 0 unspecified atom stereocenters. The van der Waals surface area contributed by atoms with Crippen molar-refractivity contribution in [3.8, 4) is 5.69 Å². The number of likely N-dealkylation sites (tertiary alicyclic amines) is 1. The first-order chi connectivity index (χ1) is 22.1. The van der Waals surface area contributed by atoms with Crippen molar-refractivity contribution in [1.82, 2.24) is 24.3 Å². The van der Waals surface area contributed by atoms with Crippen LogP contribution in [0.4, 0.5) is 18.0 Å². The Kier molecular flexibility index (Phi) is 9.46. The molecule has 5 rings (SSSR count). The highest BCUT2D eigenvalue weighted by Gasteiger charge is 2.36. The van der Waals surface area contributed by atoms with Crippen molar-refractivity contribution in [1.29, 1.82) is 0 Å². The molecular formula is C31H29BrF3N5O6S. The van der Waals surface area contributed by atoms with Crippen molar-refractivity contribution in [2.45, 2.75) is 44.9 Å². The molecule has 248 valence electrons. The van der Waals surface area contributed by atoms with Gasteiger partial charge in [0.15, 0.2) is 4.77 Å². The lowest BCUT2D eigenvalue weighted by molar-refractivity contribution is -0.138. The number of nitrogens with zero attached hydrogens (tertiary/aromatic N) is 4. The minimum atomic E-state index is -4.66. The summed E-state index contributed by atoms with van der Waals surface area (Å²) >= 11 is 8.36. The number of halogens is 4. The third-order valence-electron chi connectivity index (χ3n) is 8.55. The van der Waals surface area contributed by atoms with E-state index in [1.165, 1.54) is 57.8 Å². The number of rotatable bonds is 4. The second-order valence-electron chi connectivity index (χ2n) is 11.5. The molecule has 3 heterocycles. The number of alkyl halides is 3. The lowest BCUT2D eigenvalue weighted by atomic mass is 9.95. The summed E-state index contributed by atoms with van der Waals surface area (Å²) < 4.78 is 41.4. The Morgan fingerprint density at radius 1 is 1.04 bits per heavy atom. The van der Waals surface area contributed by atoms with Gasteiger partial charge in [0.1, 0.15) is 0 Å². The fraction of sp³-hybridized carbons (Fsp3) is 0.355. The fourth-order valence-corrected chi connectivity index (χ4v) is 6.66. The number of benzene rings is 2. The van der Waals surface area contributed by atoms with Crippen molar-refractivity contribution < 1.29 is 37.5 Å². The largest absolute Gasteiger partial charge is 0.465 e. The number of nitrogens with one attached hydrogen (secondary N) is 1. The summed E-state index contributed by atoms with van der Waals surface area (Å²) in [5.74, 6) is -2.07. The number of H-pyrrole nitrogens is 1. The van der Waals surface area contributed by atoms with Crippen LogP contribution < -0.4 is 5.56 Å². The third kappa shape index (κ3) is 6.74. The van der Waals surface area contributed by atoms with Gasteiger partial charge in [-0.3, -0.25) is 28.6 Å². The van der Waals surface area contributed by atoms with Gasteiger partial charge in [0.25, 0.3) is 17.4 Å². The lowest BCUT2D eigenvalue weighted by Gasteiger charge is -2.34. The van der Waals surface area contributed by atoms with Gasteiger partial charge in [-0.2, -0.15) is 13.2 Å². The number of carbonyl (C=O) groups excluding carboxylic acids is 3. The number of hydrogen-bond acceptors (Lipinski definition) is 6. The number of imide groups is 1. The summed E-state index contributed by atoms with van der Waals surface area (Å²) in [6.45, 7) is 2.04. The van der Waals surface area contributed by atoms with Gasteiger partial charge in [-0.05, 0) is 80.9 Å². The second kappa shape index (κ2) is 13.1. The molecule has 1 aromatic heterocycles. The average Bonchev–Trinajstić information content (AvgIpc) is 3.03. The van der Waals surface area contributed by atoms with Crippen molar-refractivity contribution in [3.05, 3.63) is 90.0 Å². The number of hydrogen-bond donors (Lipinski definition) is 2. The summed E-state index contributed by atoms with van der Waals surface area (Å²) in [5.41, 5.74) is -0.277. The highest BCUT2D eigenvalue weighted by Crippen LogP contribution is 2.36. The number of amides is 4. The van der Waals surface area contributed by atoms with Gasteiger partial charge in [-0.1, -0.05) is 15.9 Å². The number of aromatic amines is 1. The molecule has 3 aromatic rings. The maximum atomic E-state index is 13.7. The Labute approximate surface area is 279 Å². The lowest BCUT2D eigenvalue weighted by Crippen LogP contribution is -2.46. The first kappa shape index (κ1) is 34.0. The molecule has 11 nitrogen and oxygen atoms in total. The first-order valence-electron chi connectivity index (χ1n) is 14.5. The normalized spacial score (nSPS) is 16.9. The highest BCUT2D eigenvalue weighted by molar-refractivity contribution is 9.10. The minimum absolute atomic E-state index is 0.0118. The van der Waals surface area contributed by atoms with Gasteiger partial charge in [-0.25, -0.2) is 4.79 Å². The maximum absolute atomic E-state index is 13.7. The van der Waals surface area contributed by atoms with E-state index >= 15 is 0 Å². The number of carboxylic acid groups (broad SMARTS) is 1. The molecule has 16 heteroatoms. The van der Waals surface area contributed by atoms with E-state index in [0.717, 1.165) is 11.0 Å². The van der Waals surface area contributed by atoms with Gasteiger partial charge < -0.3 is 19.9 Å². The van der Waals surface area contributed by atoms with E-state index in [0.29, 0.717) is 29.8 Å². The smallest absolute Gasteiger partial charge is 0.417 e. The SMILES string of the molecule is C[C@@H]1Cc2c([nH]c(=S)n(-c3ccc(C(=O)N(C)C(=O)C4CCN(C(=O)O)CC4)cc3)c2=O)CN1C(=O)c1ccc(Br)c(C(F)(F)F)c1. The molecule has 0 aliphatic carbocycles. The number of aromatic nitrogens is 2. The summed E-state index contributed by atoms with van der Waals surface area (Å²) in [5, 5.41) is 9.13. The van der Waals surface area contributed by atoms with E-state index in [-0.39, 0.29) is 46.4 Å². The van der Waals surface area contributed by atoms with Gasteiger partial charge in [0.05, 0.1) is 17.8 Å². The quantitative estimate of drug-likeness (QED) is 0.276. The molecule has 2 aliphatic heterocycles. The van der Waals surface area contributed by atoms with Crippen LogP contribution in [-0.2, 0) is 23.9 Å². The van der Waals surface area contributed by atoms with Gasteiger partial charge in [0.2, 0.25) is 5.91 Å². The Balaban J connectivity index is 1.34. The second-order valence-corrected chi connectivity index (χ2v) is 12.7. The zero-order valence-corrected chi connectivity index (χ0v) is 27.5. The summed E-state index contributed by atoms with van der Waals surface area (Å²) in [7, 11) is 1.37. The van der Waals surface area contributed by atoms with E-state index in [1.807, 2.05) is 0 Å². The fourth-order valence-electron chi connectivity index (χ4n) is 5.88. The van der Waals surface area contributed by atoms with Crippen LogP contribution in [0, 0.1) is 10.7 Å². The Morgan fingerprint density at radius 3 is 2.26 bits per heavy atom. The van der Waals surface area contributed by atoms with Crippen molar-refractivity contribution in [2.75, 3.05) is 20.1 Å². The van der Waals surface area contributed by atoms with Crippen LogP contribution in [-0.4, -0.2) is 79.4 Å². The Hall–Kier alpha value is -4.31. The van der Waals surface area contributed by atoms with Crippen LogP contribution in [0.3, 0.4) is 0 Å². The molecule has 0 saturated carbocycles. The standard InChI is InChI=1S/C31H29BrF3N5O6S/c1-16-13-21-24(15-39(16)27(43)19-5-8-23(32)22(14-19)31(33,34)35)36-29(47)40(28(21)44)20-6-3-17(4-7-20)25(41)37(2)26(42)18-9-11-38(12-10-18)30(45)46/h3-8,14,16,18H,9-13,15H2,1-2H3,(H,36,47)(H,45,46)/t16-/m1/s1. The molecule has 4 amide bonds. The monoisotopic (exact) mass is 735 g/mol. The summed E-state index contributed by atoms with van der Waals surface area (Å²) in [6.07, 6.45) is -4.97. The molecular weight excluding hydrogens is 707 g/mol. The van der Waals surface area contributed by atoms with E-state index in [9.17, 15) is 37.1 Å². The van der Waals surface area contributed by atoms with Crippen molar-refractivity contribution >= 4 is 52.0 Å². The molecule has 1 saturated heterocycles. The van der Waals surface area contributed by atoms with Crippen LogP contribution >= 0.6 is 28.1 Å². The predicted molar refractivity (Wildman–Crippen MR) is 169 cm³/mol. The Bertz CT molecular complexity index is 1890. The molecule has 1 atom stereocenters. The highest BCUT2D eigenvalue weighted by atomic mass is 79.9. The van der Waals surface area contributed by atoms with Crippen LogP contribution in [0.5, 0.6) is 0 Å². The van der Waals surface area contributed by atoms with E-state index in [1.54, 1.807) is 6.92 Å². The zero-order valence-electron chi connectivity index (χ0n) is 25.1. The van der Waals surface area contributed by atoms with Gasteiger partial charge >= 0.3 is 12.3 Å². The molecule has 2 N–H and O–H groups in total. The molecule has 2 aromatic carbocycles. The molecule has 0 radical (unpaired) electrons. The van der Waals surface area contributed by atoms with E-state index in [2.05, 4.69) is 20.9 Å². The average molecular weight is 737 g/mol. The van der Waals surface area contributed by atoms with Crippen LogP contribution in [0.1, 0.15) is 57.3 Å². The van der Waals surface area contributed by atoms with Gasteiger partial charge in [-0.15, -0.1) is 0 Å². The van der Waals surface area contributed by atoms with Crippen LogP contribution in [0.15, 0.2) is 51.7 Å². The van der Waals surface area contributed by atoms with Gasteiger partial charge in [0, 0.05) is 59.0 Å². The number of carbonyl (C=O) groups is 4. The Morgan fingerprint density at radius 2 is 1.66 bits per heavy atom. The summed E-state index contributed by atoms with van der Waals surface area (Å²) in [6, 6.07) is 8.70. The minimum Gasteiger partial charge on any atom is -0.465 e. The summed E-state index contributed by atoms with van der Waals surface area (Å²) in [4.78, 5) is 70.8. The molecule has 0 spiro atoms. The first-order valence-corrected chi connectivity index (χ1v) is 15.7. The zero-order chi connectivity index (χ0) is 34.4. The van der Waals surface area contributed by atoms with E-state index in [4.69, 9.17) is 17.3 Å². The molecule has 0 bridgehead atoms. The van der Waals surface area contributed by atoms with Crippen molar-refractivity contribution in [2.24, 2.45) is 5.92 Å². The molecule has 2 aliphatic rings. The third-order valence-corrected chi connectivity index (χ3v) is 9.52. The topological polar surface area (TPSA) is 136 Å². The van der Waals surface area contributed by atoms with Crippen LogP contribution in [0.25, 0.3) is 5.69 Å². The number of fused-ring (bicyclic) bond motifs is 1. The van der Waals surface area contributed by atoms with E-state index < -0.39 is 53.1 Å². The molecule has 1 fully saturated rings. The van der Waals surface area contributed by atoms with Crippen LogP contribution in [0.2, 0.25) is 0 Å². The maximum Gasteiger partial charge on any atom is 0.417 e. The predicted octanol–water partition coefficient (Wildman–Crippen LogP) is 5.25.